The number of carbonyl (C=O) groups is 1. The van der Waals surface area contributed by atoms with E-state index in [1.165, 1.54) is 5.01 Å². The highest BCUT2D eigenvalue weighted by molar-refractivity contribution is 7.80. The molecular formula is C16H19N3OS2. The van der Waals surface area contributed by atoms with E-state index in [9.17, 15) is 4.79 Å². The van der Waals surface area contributed by atoms with Gasteiger partial charge in [-0.3, -0.25) is 10.2 Å². The van der Waals surface area contributed by atoms with Crippen LogP contribution in [0.15, 0.2) is 29.6 Å². The van der Waals surface area contributed by atoms with Crippen LogP contribution in [0.25, 0.3) is 0 Å². The standard InChI is InChI=1S/C16H19N3OS2/c1-4-12-11(3)22-9-13(12)15(20)18-19(16(17)21)14-8-6-5-7-10(14)2/h5-9H,4H2,1-3H3,(H2,17,21)(H,18,20). The molecule has 6 heteroatoms. The van der Waals surface area contributed by atoms with E-state index in [0.29, 0.717) is 5.56 Å². The number of thiophene rings is 1. The van der Waals surface area contributed by atoms with E-state index in [0.717, 1.165) is 28.1 Å². The molecule has 1 aromatic heterocycles. The molecule has 1 amide bonds. The van der Waals surface area contributed by atoms with Crippen LogP contribution in [0.2, 0.25) is 0 Å². The molecule has 2 aromatic rings. The fraction of sp³-hybridized carbons (Fsp3) is 0.250. The smallest absolute Gasteiger partial charge is 0.271 e. The first-order valence-electron chi connectivity index (χ1n) is 6.98. The number of benzene rings is 1. The number of anilines is 1. The minimum Gasteiger partial charge on any atom is -0.374 e. The highest BCUT2D eigenvalue weighted by Gasteiger charge is 2.19. The van der Waals surface area contributed by atoms with Gasteiger partial charge in [-0.2, -0.15) is 0 Å². The molecule has 0 aliphatic heterocycles. The van der Waals surface area contributed by atoms with Gasteiger partial charge in [-0.25, -0.2) is 5.01 Å². The summed E-state index contributed by atoms with van der Waals surface area (Å²) in [5.41, 5.74) is 12.1. The molecule has 0 aliphatic carbocycles. The third-order valence-corrected chi connectivity index (χ3v) is 4.63. The van der Waals surface area contributed by atoms with Crippen molar-refractivity contribution in [1.29, 1.82) is 0 Å². The van der Waals surface area contributed by atoms with Crippen molar-refractivity contribution in [1.82, 2.24) is 5.43 Å². The summed E-state index contributed by atoms with van der Waals surface area (Å²) < 4.78 is 0. The van der Waals surface area contributed by atoms with E-state index in [2.05, 4.69) is 5.43 Å². The third-order valence-electron chi connectivity index (χ3n) is 3.49. The maximum absolute atomic E-state index is 12.6. The summed E-state index contributed by atoms with van der Waals surface area (Å²) in [4.78, 5) is 13.7. The average molecular weight is 333 g/mol. The van der Waals surface area contributed by atoms with E-state index in [-0.39, 0.29) is 11.0 Å². The van der Waals surface area contributed by atoms with Crippen molar-refractivity contribution in [3.63, 3.8) is 0 Å². The monoisotopic (exact) mass is 333 g/mol. The number of hydrogen-bond acceptors (Lipinski definition) is 3. The van der Waals surface area contributed by atoms with Gasteiger partial charge in [0.15, 0.2) is 5.11 Å². The van der Waals surface area contributed by atoms with Gasteiger partial charge in [0, 0.05) is 10.3 Å². The highest BCUT2D eigenvalue weighted by atomic mass is 32.1. The summed E-state index contributed by atoms with van der Waals surface area (Å²) in [5, 5.41) is 3.44. The summed E-state index contributed by atoms with van der Waals surface area (Å²) >= 11 is 6.66. The van der Waals surface area contributed by atoms with Crippen LogP contribution in [-0.4, -0.2) is 11.0 Å². The van der Waals surface area contributed by atoms with Gasteiger partial charge in [-0.1, -0.05) is 25.1 Å². The van der Waals surface area contributed by atoms with Gasteiger partial charge in [0.1, 0.15) is 0 Å². The Balaban J connectivity index is 2.31. The number of aryl methyl sites for hydroxylation is 2. The molecule has 3 N–H and O–H groups in total. The molecule has 0 unspecified atom stereocenters. The quantitative estimate of drug-likeness (QED) is 0.668. The molecular weight excluding hydrogens is 314 g/mol. The molecule has 0 radical (unpaired) electrons. The number of nitrogens with two attached hydrogens (primary N) is 1. The Morgan fingerprint density at radius 2 is 2.05 bits per heavy atom. The number of hydrazine groups is 1. The van der Waals surface area contributed by atoms with Crippen LogP contribution in [0.5, 0.6) is 0 Å². The van der Waals surface area contributed by atoms with Crippen molar-refractivity contribution in [3.8, 4) is 0 Å². The molecule has 0 saturated heterocycles. The lowest BCUT2D eigenvalue weighted by Crippen LogP contribution is -2.49. The van der Waals surface area contributed by atoms with Gasteiger partial charge in [-0.15, -0.1) is 11.3 Å². The van der Waals surface area contributed by atoms with Crippen LogP contribution < -0.4 is 16.2 Å². The van der Waals surface area contributed by atoms with E-state index in [4.69, 9.17) is 18.0 Å². The van der Waals surface area contributed by atoms with Crippen molar-refractivity contribution in [2.75, 3.05) is 5.01 Å². The SMILES string of the molecule is CCc1c(C(=O)NN(C(N)=S)c2ccccc2C)csc1C. The Hall–Kier alpha value is -1.92. The van der Waals surface area contributed by atoms with E-state index in [1.807, 2.05) is 50.4 Å². The van der Waals surface area contributed by atoms with Crippen molar-refractivity contribution in [2.45, 2.75) is 27.2 Å². The topological polar surface area (TPSA) is 58.4 Å². The summed E-state index contributed by atoms with van der Waals surface area (Å²) in [6, 6.07) is 7.62. The molecule has 0 fully saturated rings. The number of nitrogens with one attached hydrogen (secondary N) is 1. The zero-order chi connectivity index (χ0) is 16.3. The molecule has 22 heavy (non-hydrogen) atoms. The van der Waals surface area contributed by atoms with Crippen LogP contribution in [0.3, 0.4) is 0 Å². The second-order valence-corrected chi connectivity index (χ2v) is 6.44. The fourth-order valence-corrected chi connectivity index (χ4v) is 3.40. The summed E-state index contributed by atoms with van der Waals surface area (Å²) in [7, 11) is 0. The van der Waals surface area contributed by atoms with Crippen LogP contribution >= 0.6 is 23.6 Å². The second-order valence-electron chi connectivity index (χ2n) is 4.94. The van der Waals surface area contributed by atoms with Gasteiger partial charge in [0.25, 0.3) is 5.91 Å². The normalized spacial score (nSPS) is 10.3. The van der Waals surface area contributed by atoms with E-state index >= 15 is 0 Å². The molecule has 4 nitrogen and oxygen atoms in total. The first kappa shape index (κ1) is 16.5. The number of amides is 1. The molecule has 0 bridgehead atoms. The van der Waals surface area contributed by atoms with Gasteiger partial charge >= 0.3 is 0 Å². The van der Waals surface area contributed by atoms with Gasteiger partial charge in [0.05, 0.1) is 11.3 Å². The van der Waals surface area contributed by atoms with Gasteiger partial charge < -0.3 is 5.73 Å². The third kappa shape index (κ3) is 3.28. The van der Waals surface area contributed by atoms with Crippen molar-refractivity contribution in [3.05, 3.63) is 51.2 Å². The first-order chi connectivity index (χ1) is 10.5. The highest BCUT2D eigenvalue weighted by Crippen LogP contribution is 2.23. The molecule has 0 atom stereocenters. The van der Waals surface area contributed by atoms with Gasteiger partial charge in [0.2, 0.25) is 0 Å². The summed E-state index contributed by atoms with van der Waals surface area (Å²) in [5.74, 6) is -0.197. The summed E-state index contributed by atoms with van der Waals surface area (Å²) in [6.07, 6.45) is 0.815. The number of thiocarbonyl (C=S) groups is 1. The minimum absolute atomic E-state index is 0.104. The van der Waals surface area contributed by atoms with Gasteiger partial charge in [-0.05, 0) is 49.7 Å². The molecule has 1 heterocycles. The molecule has 0 saturated carbocycles. The van der Waals surface area contributed by atoms with Crippen molar-refractivity contribution >= 4 is 40.3 Å². The van der Waals surface area contributed by atoms with E-state index in [1.54, 1.807) is 11.3 Å². The molecule has 0 aliphatic rings. The molecule has 116 valence electrons. The number of carbonyl (C=O) groups excluding carboxylic acids is 1. The van der Waals surface area contributed by atoms with Crippen LogP contribution in [0.1, 0.15) is 33.3 Å². The molecule has 0 spiro atoms. The maximum atomic E-state index is 12.6. The Morgan fingerprint density at radius 1 is 1.36 bits per heavy atom. The molecule has 1 aromatic carbocycles. The minimum atomic E-state index is -0.197. The van der Waals surface area contributed by atoms with Crippen molar-refractivity contribution in [2.24, 2.45) is 5.73 Å². The number of rotatable bonds is 3. The Kier molecular flexibility index (Phi) is 5.15. The zero-order valence-corrected chi connectivity index (χ0v) is 14.5. The van der Waals surface area contributed by atoms with Crippen LogP contribution in [0.4, 0.5) is 5.69 Å². The number of nitrogens with zero attached hydrogens (tertiary/aromatic N) is 1. The Labute approximate surface area is 139 Å². The number of hydrogen-bond donors (Lipinski definition) is 2. The largest absolute Gasteiger partial charge is 0.374 e. The first-order valence-corrected chi connectivity index (χ1v) is 8.27. The maximum Gasteiger partial charge on any atom is 0.271 e. The van der Waals surface area contributed by atoms with E-state index < -0.39 is 0 Å². The summed E-state index contributed by atoms with van der Waals surface area (Å²) in [6.45, 7) is 6.00. The second kappa shape index (κ2) is 6.89. The lowest BCUT2D eigenvalue weighted by molar-refractivity contribution is 0.0954. The lowest BCUT2D eigenvalue weighted by Gasteiger charge is -2.25. The van der Waals surface area contributed by atoms with Crippen LogP contribution in [-0.2, 0) is 6.42 Å². The predicted molar refractivity (Wildman–Crippen MR) is 96.3 cm³/mol. The van der Waals surface area contributed by atoms with Crippen molar-refractivity contribution < 1.29 is 4.79 Å². The molecule has 2 rings (SSSR count). The van der Waals surface area contributed by atoms with Crippen LogP contribution in [0, 0.1) is 13.8 Å². The number of para-hydroxylation sites is 1. The predicted octanol–water partition coefficient (Wildman–Crippen LogP) is 3.32. The fourth-order valence-electron chi connectivity index (χ4n) is 2.32. The zero-order valence-electron chi connectivity index (χ0n) is 12.8. The average Bonchev–Trinajstić information content (AvgIpc) is 2.86. The lowest BCUT2D eigenvalue weighted by atomic mass is 10.1. The Morgan fingerprint density at radius 3 is 2.64 bits per heavy atom. The Bertz CT molecular complexity index is 709.